The Kier molecular flexibility index (Phi) is 4.34. The van der Waals surface area contributed by atoms with Gasteiger partial charge in [0.2, 0.25) is 5.91 Å². The number of aromatic nitrogens is 1. The minimum atomic E-state index is -0.0450. The molecular weight excluding hydrogens is 240 g/mol. The van der Waals surface area contributed by atoms with E-state index < -0.39 is 0 Å². The highest BCUT2D eigenvalue weighted by atomic mass is 16.3. The van der Waals surface area contributed by atoms with Gasteiger partial charge in [0.15, 0.2) is 0 Å². The normalized spacial score (nSPS) is 12.1. The van der Waals surface area contributed by atoms with E-state index in [1.54, 1.807) is 30.6 Å². The van der Waals surface area contributed by atoms with E-state index in [0.29, 0.717) is 12.8 Å². The van der Waals surface area contributed by atoms with E-state index in [0.717, 1.165) is 11.3 Å². The smallest absolute Gasteiger partial charge is 0.223 e. The Morgan fingerprint density at radius 1 is 1.42 bits per heavy atom. The number of furan rings is 1. The summed E-state index contributed by atoms with van der Waals surface area (Å²) in [5.74, 6) is 0.907. The third-order valence-electron chi connectivity index (χ3n) is 3.28. The van der Waals surface area contributed by atoms with Gasteiger partial charge in [-0.3, -0.25) is 9.78 Å². The monoisotopic (exact) mass is 258 g/mol. The molecule has 19 heavy (non-hydrogen) atoms. The van der Waals surface area contributed by atoms with Gasteiger partial charge >= 0.3 is 0 Å². The minimum Gasteiger partial charge on any atom is -0.467 e. The van der Waals surface area contributed by atoms with Crippen LogP contribution >= 0.6 is 0 Å². The third-order valence-corrected chi connectivity index (χ3v) is 3.28. The van der Waals surface area contributed by atoms with Gasteiger partial charge in [-0.2, -0.15) is 0 Å². The topological polar surface area (TPSA) is 46.3 Å². The molecule has 2 heterocycles. The first-order valence-corrected chi connectivity index (χ1v) is 6.36. The van der Waals surface area contributed by atoms with E-state index in [9.17, 15) is 4.79 Å². The fraction of sp³-hybridized carbons (Fsp3) is 0.333. The number of rotatable bonds is 5. The molecule has 2 rings (SSSR count). The van der Waals surface area contributed by atoms with Crippen LogP contribution in [0.4, 0.5) is 0 Å². The van der Waals surface area contributed by atoms with E-state index in [-0.39, 0.29) is 11.9 Å². The third kappa shape index (κ3) is 3.44. The molecule has 1 unspecified atom stereocenters. The first-order valence-electron chi connectivity index (χ1n) is 6.36. The van der Waals surface area contributed by atoms with Crippen molar-refractivity contribution in [2.75, 3.05) is 7.05 Å². The zero-order valence-electron chi connectivity index (χ0n) is 11.2. The van der Waals surface area contributed by atoms with Crippen molar-refractivity contribution in [2.24, 2.45) is 0 Å². The fourth-order valence-electron chi connectivity index (χ4n) is 1.91. The molecule has 0 N–H and O–H groups in total. The molecule has 0 aliphatic heterocycles. The standard InChI is InChI=1S/C15H18N2O2/c1-12(14-6-4-10-19-14)17(2)15(18)8-7-13-5-3-9-16-11-13/h3-6,9-12H,7-8H2,1-2H3. The summed E-state index contributed by atoms with van der Waals surface area (Å²) >= 11 is 0. The molecule has 0 aromatic carbocycles. The maximum atomic E-state index is 12.1. The summed E-state index contributed by atoms with van der Waals surface area (Å²) < 4.78 is 5.33. The van der Waals surface area contributed by atoms with E-state index in [4.69, 9.17) is 4.42 Å². The van der Waals surface area contributed by atoms with Crippen LogP contribution in [-0.2, 0) is 11.2 Å². The molecule has 0 saturated carbocycles. The summed E-state index contributed by atoms with van der Waals surface area (Å²) in [7, 11) is 1.80. The van der Waals surface area contributed by atoms with Gasteiger partial charge in [0.05, 0.1) is 12.3 Å². The lowest BCUT2D eigenvalue weighted by atomic mass is 10.1. The average Bonchev–Trinajstić information content (AvgIpc) is 2.98. The van der Waals surface area contributed by atoms with Gasteiger partial charge in [-0.15, -0.1) is 0 Å². The van der Waals surface area contributed by atoms with Crippen molar-refractivity contribution in [3.05, 3.63) is 54.2 Å². The molecule has 100 valence electrons. The highest BCUT2D eigenvalue weighted by molar-refractivity contribution is 5.76. The first kappa shape index (κ1) is 13.3. The van der Waals surface area contributed by atoms with Gasteiger partial charge in [-0.1, -0.05) is 6.07 Å². The highest BCUT2D eigenvalue weighted by Gasteiger charge is 2.18. The lowest BCUT2D eigenvalue weighted by Crippen LogP contribution is -2.29. The second-order valence-electron chi connectivity index (χ2n) is 4.56. The Morgan fingerprint density at radius 3 is 2.89 bits per heavy atom. The van der Waals surface area contributed by atoms with Gasteiger partial charge in [0.25, 0.3) is 0 Å². The number of aryl methyl sites for hydroxylation is 1. The lowest BCUT2D eigenvalue weighted by molar-refractivity contribution is -0.132. The molecule has 4 heteroatoms. The van der Waals surface area contributed by atoms with Gasteiger partial charge in [0, 0.05) is 25.9 Å². The predicted molar refractivity (Wildman–Crippen MR) is 72.5 cm³/mol. The number of nitrogens with zero attached hydrogens (tertiary/aromatic N) is 2. The molecule has 0 radical (unpaired) electrons. The molecular formula is C15H18N2O2. The van der Waals surface area contributed by atoms with E-state index in [2.05, 4.69) is 4.98 Å². The van der Waals surface area contributed by atoms with E-state index >= 15 is 0 Å². The SMILES string of the molecule is CC(c1ccco1)N(C)C(=O)CCc1cccnc1. The molecule has 0 aliphatic rings. The zero-order valence-corrected chi connectivity index (χ0v) is 11.2. The van der Waals surface area contributed by atoms with Crippen molar-refractivity contribution < 1.29 is 9.21 Å². The molecule has 0 aliphatic carbocycles. The fourth-order valence-corrected chi connectivity index (χ4v) is 1.91. The van der Waals surface area contributed by atoms with Crippen LogP contribution in [0.5, 0.6) is 0 Å². The van der Waals surface area contributed by atoms with Crippen LogP contribution in [0, 0.1) is 0 Å². The number of carbonyl (C=O) groups is 1. The summed E-state index contributed by atoms with van der Waals surface area (Å²) in [5.41, 5.74) is 1.08. The molecule has 4 nitrogen and oxygen atoms in total. The first-order chi connectivity index (χ1) is 9.18. The van der Waals surface area contributed by atoms with Crippen molar-refractivity contribution >= 4 is 5.91 Å². The Bertz CT molecular complexity index is 508. The molecule has 0 saturated heterocycles. The number of amides is 1. The Hall–Kier alpha value is -2.10. The summed E-state index contributed by atoms with van der Waals surface area (Å²) in [5, 5.41) is 0. The van der Waals surface area contributed by atoms with Crippen LogP contribution in [0.2, 0.25) is 0 Å². The van der Waals surface area contributed by atoms with Crippen LogP contribution in [0.25, 0.3) is 0 Å². The van der Waals surface area contributed by atoms with Gasteiger partial charge in [0.1, 0.15) is 5.76 Å². The van der Waals surface area contributed by atoms with Gasteiger partial charge < -0.3 is 9.32 Å². The van der Waals surface area contributed by atoms with Crippen LogP contribution in [0.3, 0.4) is 0 Å². The lowest BCUT2D eigenvalue weighted by Gasteiger charge is -2.23. The Balaban J connectivity index is 1.89. The Morgan fingerprint density at radius 2 is 2.26 bits per heavy atom. The number of hydrogen-bond donors (Lipinski definition) is 0. The van der Waals surface area contributed by atoms with E-state index in [1.165, 1.54) is 0 Å². The minimum absolute atomic E-state index is 0.0450. The second kappa shape index (κ2) is 6.18. The average molecular weight is 258 g/mol. The van der Waals surface area contributed by atoms with Gasteiger partial charge in [-0.05, 0) is 37.1 Å². The second-order valence-corrected chi connectivity index (χ2v) is 4.56. The molecule has 2 aromatic rings. The van der Waals surface area contributed by atoms with Crippen LogP contribution < -0.4 is 0 Å². The van der Waals surface area contributed by atoms with Crippen molar-refractivity contribution in [3.63, 3.8) is 0 Å². The van der Waals surface area contributed by atoms with E-state index in [1.807, 2.05) is 31.2 Å². The molecule has 0 bridgehead atoms. The highest BCUT2D eigenvalue weighted by Crippen LogP contribution is 2.19. The van der Waals surface area contributed by atoms with Crippen LogP contribution in [0.15, 0.2) is 47.3 Å². The summed E-state index contributed by atoms with van der Waals surface area (Å²) in [6.45, 7) is 1.96. The molecule has 1 amide bonds. The molecule has 2 aromatic heterocycles. The molecule has 0 spiro atoms. The molecule has 1 atom stereocenters. The number of pyridine rings is 1. The predicted octanol–water partition coefficient (Wildman–Crippen LogP) is 2.83. The van der Waals surface area contributed by atoms with Crippen LogP contribution in [-0.4, -0.2) is 22.8 Å². The van der Waals surface area contributed by atoms with Crippen LogP contribution in [0.1, 0.15) is 30.7 Å². The van der Waals surface area contributed by atoms with Crippen molar-refractivity contribution in [2.45, 2.75) is 25.8 Å². The number of hydrogen-bond acceptors (Lipinski definition) is 3. The summed E-state index contributed by atoms with van der Waals surface area (Å²) in [4.78, 5) is 17.9. The zero-order chi connectivity index (χ0) is 13.7. The van der Waals surface area contributed by atoms with Crippen molar-refractivity contribution in [1.29, 1.82) is 0 Å². The Labute approximate surface area is 113 Å². The maximum absolute atomic E-state index is 12.1. The largest absolute Gasteiger partial charge is 0.467 e. The quantitative estimate of drug-likeness (QED) is 0.828. The van der Waals surface area contributed by atoms with Crippen molar-refractivity contribution in [1.82, 2.24) is 9.88 Å². The molecule has 0 fully saturated rings. The van der Waals surface area contributed by atoms with Gasteiger partial charge in [-0.25, -0.2) is 0 Å². The number of carbonyl (C=O) groups excluding carboxylic acids is 1. The maximum Gasteiger partial charge on any atom is 0.223 e. The van der Waals surface area contributed by atoms with Crippen molar-refractivity contribution in [3.8, 4) is 0 Å². The summed E-state index contributed by atoms with van der Waals surface area (Å²) in [6.07, 6.45) is 6.34. The summed E-state index contributed by atoms with van der Waals surface area (Å²) in [6, 6.07) is 7.54.